The second-order valence-electron chi connectivity index (χ2n) is 5.79. The molecule has 7 heteroatoms. The number of nitrogens with zero attached hydrogens (tertiary/aromatic N) is 2. The third kappa shape index (κ3) is 3.60. The zero-order valence-electron chi connectivity index (χ0n) is 13.3. The standard InChI is InChI=1S/C17H18F2N2O3/c1-2-15-20-17(21-24-15)12-5-6-13-10(7-12)3-4-11(13)8-16(22)23-9-14(18)19/h5-7,11,14H,2-4,8-9H2,1H3/t11-/m0/s1. The lowest BCUT2D eigenvalue weighted by Gasteiger charge is -2.11. The Morgan fingerprint density at radius 2 is 2.29 bits per heavy atom. The fourth-order valence-corrected chi connectivity index (χ4v) is 2.99. The molecule has 0 N–H and O–H groups in total. The third-order valence-corrected chi connectivity index (χ3v) is 4.16. The van der Waals surface area contributed by atoms with Gasteiger partial charge >= 0.3 is 5.97 Å². The molecule has 0 amide bonds. The SMILES string of the molecule is CCc1nc(-c2ccc3c(c2)CC[C@H]3CC(=O)OCC(F)F)no1. The van der Waals surface area contributed by atoms with Gasteiger partial charge in [0.15, 0.2) is 6.61 Å². The zero-order chi connectivity index (χ0) is 17.1. The number of esters is 1. The molecule has 0 fully saturated rings. The van der Waals surface area contributed by atoms with Crippen LogP contribution in [0.5, 0.6) is 0 Å². The van der Waals surface area contributed by atoms with Gasteiger partial charge in [0.1, 0.15) is 0 Å². The first-order chi connectivity index (χ1) is 11.6. The van der Waals surface area contributed by atoms with Gasteiger partial charge in [-0.25, -0.2) is 8.78 Å². The molecule has 0 saturated carbocycles. The van der Waals surface area contributed by atoms with Gasteiger partial charge in [0.2, 0.25) is 11.7 Å². The van der Waals surface area contributed by atoms with E-state index < -0.39 is 19.0 Å². The molecule has 1 aliphatic carbocycles. The third-order valence-electron chi connectivity index (χ3n) is 4.16. The normalized spacial score (nSPS) is 16.4. The Kier molecular flexibility index (Phi) is 4.87. The largest absolute Gasteiger partial charge is 0.460 e. The minimum Gasteiger partial charge on any atom is -0.460 e. The zero-order valence-corrected chi connectivity index (χ0v) is 13.3. The van der Waals surface area contributed by atoms with Crippen LogP contribution in [0.3, 0.4) is 0 Å². The molecule has 0 saturated heterocycles. The van der Waals surface area contributed by atoms with Crippen molar-refractivity contribution in [2.45, 2.75) is 45.0 Å². The summed E-state index contributed by atoms with van der Waals surface area (Å²) in [5, 5.41) is 3.96. The van der Waals surface area contributed by atoms with E-state index in [9.17, 15) is 13.6 Å². The molecule has 0 radical (unpaired) electrons. The molecule has 0 aliphatic heterocycles. The smallest absolute Gasteiger partial charge is 0.306 e. The maximum Gasteiger partial charge on any atom is 0.306 e. The van der Waals surface area contributed by atoms with E-state index in [0.29, 0.717) is 18.1 Å². The van der Waals surface area contributed by atoms with Crippen molar-refractivity contribution in [3.05, 3.63) is 35.2 Å². The molecular formula is C17H18F2N2O3. The van der Waals surface area contributed by atoms with E-state index in [-0.39, 0.29) is 12.3 Å². The molecular weight excluding hydrogens is 318 g/mol. The van der Waals surface area contributed by atoms with Gasteiger partial charge in [0.05, 0.1) is 6.42 Å². The molecule has 1 atom stereocenters. The lowest BCUT2D eigenvalue weighted by atomic mass is 9.97. The van der Waals surface area contributed by atoms with E-state index in [4.69, 9.17) is 4.52 Å². The predicted octanol–water partition coefficient (Wildman–Crippen LogP) is 3.53. The number of aromatic nitrogens is 2. The van der Waals surface area contributed by atoms with Crippen LogP contribution >= 0.6 is 0 Å². The molecule has 1 aliphatic rings. The summed E-state index contributed by atoms with van der Waals surface area (Å²) < 4.78 is 33.9. The van der Waals surface area contributed by atoms with Crippen molar-refractivity contribution in [2.75, 3.05) is 6.61 Å². The van der Waals surface area contributed by atoms with Crippen LogP contribution in [0, 0.1) is 0 Å². The number of alkyl halides is 2. The average molecular weight is 336 g/mol. The quantitative estimate of drug-likeness (QED) is 0.755. The monoisotopic (exact) mass is 336 g/mol. The second-order valence-corrected chi connectivity index (χ2v) is 5.79. The summed E-state index contributed by atoms with van der Waals surface area (Å²) in [4.78, 5) is 16.0. The lowest BCUT2D eigenvalue weighted by molar-refractivity contribution is -0.148. The highest BCUT2D eigenvalue weighted by Gasteiger charge is 2.26. The summed E-state index contributed by atoms with van der Waals surface area (Å²) in [5.74, 6) is 0.568. The molecule has 0 unspecified atom stereocenters. The molecule has 24 heavy (non-hydrogen) atoms. The van der Waals surface area contributed by atoms with E-state index in [1.54, 1.807) is 0 Å². The Labute approximate surface area is 138 Å². The van der Waals surface area contributed by atoms with Crippen LogP contribution in [0.15, 0.2) is 22.7 Å². The first-order valence-electron chi connectivity index (χ1n) is 7.96. The Hall–Kier alpha value is -2.31. The number of carbonyl (C=O) groups excluding carboxylic acids is 1. The minimum absolute atomic E-state index is 0.00990. The van der Waals surface area contributed by atoms with E-state index in [0.717, 1.165) is 29.5 Å². The van der Waals surface area contributed by atoms with Crippen LogP contribution in [0.25, 0.3) is 11.4 Å². The van der Waals surface area contributed by atoms with Gasteiger partial charge in [0, 0.05) is 12.0 Å². The van der Waals surface area contributed by atoms with Crippen LogP contribution in [-0.4, -0.2) is 29.1 Å². The minimum atomic E-state index is -2.63. The van der Waals surface area contributed by atoms with Crippen LogP contribution in [-0.2, 0) is 22.4 Å². The van der Waals surface area contributed by atoms with Crippen molar-refractivity contribution < 1.29 is 22.8 Å². The van der Waals surface area contributed by atoms with Gasteiger partial charge in [-0.3, -0.25) is 4.79 Å². The van der Waals surface area contributed by atoms with Crippen molar-refractivity contribution in [2.24, 2.45) is 0 Å². The average Bonchev–Trinajstić information content (AvgIpc) is 3.19. The fraction of sp³-hybridized carbons (Fsp3) is 0.471. The number of hydrogen-bond donors (Lipinski definition) is 0. The van der Waals surface area contributed by atoms with Crippen molar-refractivity contribution >= 4 is 5.97 Å². The number of ether oxygens (including phenoxy) is 1. The topological polar surface area (TPSA) is 65.2 Å². The van der Waals surface area contributed by atoms with E-state index >= 15 is 0 Å². The van der Waals surface area contributed by atoms with E-state index in [1.807, 2.05) is 25.1 Å². The van der Waals surface area contributed by atoms with Crippen LogP contribution in [0.1, 0.15) is 42.7 Å². The molecule has 5 nitrogen and oxygen atoms in total. The number of carbonyl (C=O) groups is 1. The summed E-state index contributed by atoms with van der Waals surface area (Å²) >= 11 is 0. The molecule has 2 aromatic rings. The molecule has 1 aromatic carbocycles. The first kappa shape index (κ1) is 16.5. The van der Waals surface area contributed by atoms with Gasteiger partial charge < -0.3 is 9.26 Å². The summed E-state index contributed by atoms with van der Waals surface area (Å²) in [7, 11) is 0. The van der Waals surface area contributed by atoms with Crippen molar-refractivity contribution in [1.29, 1.82) is 0 Å². The highest BCUT2D eigenvalue weighted by Crippen LogP contribution is 2.37. The number of benzene rings is 1. The van der Waals surface area contributed by atoms with Crippen molar-refractivity contribution in [1.82, 2.24) is 10.1 Å². The number of hydrogen-bond acceptors (Lipinski definition) is 5. The Balaban J connectivity index is 1.70. The maximum atomic E-state index is 12.1. The molecule has 0 bridgehead atoms. The Morgan fingerprint density at radius 1 is 1.46 bits per heavy atom. The Morgan fingerprint density at radius 3 is 3.00 bits per heavy atom. The first-order valence-corrected chi connectivity index (χ1v) is 7.96. The van der Waals surface area contributed by atoms with Gasteiger partial charge in [-0.15, -0.1) is 0 Å². The number of rotatable bonds is 6. The lowest BCUT2D eigenvalue weighted by Crippen LogP contribution is -2.13. The molecule has 1 aromatic heterocycles. The number of halogens is 2. The van der Waals surface area contributed by atoms with Gasteiger partial charge in [0.25, 0.3) is 6.43 Å². The fourth-order valence-electron chi connectivity index (χ4n) is 2.99. The molecule has 0 spiro atoms. The molecule has 1 heterocycles. The summed E-state index contributed by atoms with van der Waals surface area (Å²) in [5.41, 5.74) is 3.06. The number of fused-ring (bicyclic) bond motifs is 1. The van der Waals surface area contributed by atoms with Gasteiger partial charge in [-0.05, 0) is 36.0 Å². The van der Waals surface area contributed by atoms with Crippen LogP contribution in [0.2, 0.25) is 0 Å². The van der Waals surface area contributed by atoms with Crippen molar-refractivity contribution in [3.63, 3.8) is 0 Å². The maximum absolute atomic E-state index is 12.1. The summed E-state index contributed by atoms with van der Waals surface area (Å²) in [6.07, 6.45) is -0.193. The summed E-state index contributed by atoms with van der Waals surface area (Å²) in [6.45, 7) is 1.10. The van der Waals surface area contributed by atoms with Crippen LogP contribution in [0.4, 0.5) is 8.78 Å². The highest BCUT2D eigenvalue weighted by atomic mass is 19.3. The Bertz CT molecular complexity index is 730. The molecule has 3 rings (SSSR count). The highest BCUT2D eigenvalue weighted by molar-refractivity contribution is 5.71. The van der Waals surface area contributed by atoms with Gasteiger partial charge in [-0.1, -0.05) is 24.2 Å². The predicted molar refractivity (Wildman–Crippen MR) is 81.8 cm³/mol. The van der Waals surface area contributed by atoms with E-state index in [2.05, 4.69) is 14.9 Å². The summed E-state index contributed by atoms with van der Waals surface area (Å²) in [6, 6.07) is 5.85. The number of aryl methyl sites for hydroxylation is 2. The van der Waals surface area contributed by atoms with Gasteiger partial charge in [-0.2, -0.15) is 4.98 Å². The molecule has 128 valence electrons. The second kappa shape index (κ2) is 7.07. The van der Waals surface area contributed by atoms with Crippen LogP contribution < -0.4 is 0 Å². The van der Waals surface area contributed by atoms with Crippen molar-refractivity contribution in [3.8, 4) is 11.4 Å². The van der Waals surface area contributed by atoms with E-state index in [1.165, 1.54) is 0 Å².